The van der Waals surface area contributed by atoms with Crippen LogP contribution in [-0.2, 0) is 20.9 Å². The van der Waals surface area contributed by atoms with Gasteiger partial charge in [0.1, 0.15) is 5.75 Å². The van der Waals surface area contributed by atoms with Crippen LogP contribution in [0.1, 0.15) is 83.9 Å². The third-order valence-electron chi connectivity index (χ3n) is 6.59. The summed E-state index contributed by atoms with van der Waals surface area (Å²) in [5.41, 5.74) is 3.44. The zero-order chi connectivity index (χ0) is 25.7. The molecular weight excluding hydrogens is 464 g/mol. The Balaban J connectivity index is 0.000000240. The number of aromatic hydroxyl groups is 1. The molecule has 0 spiro atoms. The number of hydrogen-bond acceptors (Lipinski definition) is 5. The molecule has 0 amide bonds. The summed E-state index contributed by atoms with van der Waals surface area (Å²) >= 11 is 1.50. The molecule has 0 bridgehead atoms. The molecule has 1 aromatic heterocycles. The van der Waals surface area contributed by atoms with Gasteiger partial charge in [-0.25, -0.2) is 18.1 Å². The van der Waals surface area contributed by atoms with Gasteiger partial charge in [-0.15, -0.1) is 11.3 Å². The van der Waals surface area contributed by atoms with Gasteiger partial charge in [0.2, 0.25) is 10.0 Å². The molecular formula is C27H40N2O3S2. The van der Waals surface area contributed by atoms with E-state index in [9.17, 15) is 13.5 Å². The number of nitrogens with one attached hydrogen (secondary N) is 1. The lowest BCUT2D eigenvalue weighted by molar-refractivity contribution is 0.425. The molecule has 0 saturated carbocycles. The molecule has 0 aliphatic heterocycles. The summed E-state index contributed by atoms with van der Waals surface area (Å²) in [6.07, 6.45) is 2.90. The number of aromatic nitrogens is 1. The normalized spacial score (nSPS) is 12.5. The molecule has 34 heavy (non-hydrogen) atoms. The van der Waals surface area contributed by atoms with E-state index >= 15 is 0 Å². The first-order chi connectivity index (χ1) is 15.8. The van der Waals surface area contributed by atoms with Crippen molar-refractivity contribution in [2.75, 3.05) is 6.54 Å². The van der Waals surface area contributed by atoms with Crippen LogP contribution in [0.3, 0.4) is 0 Å². The molecule has 7 heteroatoms. The smallest absolute Gasteiger partial charge is 0.240 e. The highest BCUT2D eigenvalue weighted by atomic mass is 32.2. The summed E-state index contributed by atoms with van der Waals surface area (Å²) in [6.45, 7) is 17.5. The first-order valence-electron chi connectivity index (χ1n) is 12.0. The number of benzene rings is 2. The number of fused-ring (bicyclic) bond motifs is 1. The number of phenolic OH excluding ortho intramolecular Hbond substituents is 1. The van der Waals surface area contributed by atoms with Crippen molar-refractivity contribution < 1.29 is 13.5 Å². The fraction of sp³-hybridized carbons (Fsp3) is 0.519. The highest BCUT2D eigenvalue weighted by Gasteiger charge is 2.25. The molecule has 0 radical (unpaired) electrons. The lowest BCUT2D eigenvalue weighted by Gasteiger charge is -2.29. The lowest BCUT2D eigenvalue weighted by atomic mass is 9.76. The molecule has 2 aromatic carbocycles. The van der Waals surface area contributed by atoms with E-state index in [1.165, 1.54) is 16.9 Å². The average Bonchev–Trinajstić information content (AvgIpc) is 3.17. The third kappa shape index (κ3) is 6.80. The van der Waals surface area contributed by atoms with Gasteiger partial charge < -0.3 is 5.11 Å². The van der Waals surface area contributed by atoms with Crippen LogP contribution in [0.5, 0.6) is 5.75 Å². The Morgan fingerprint density at radius 3 is 2.21 bits per heavy atom. The van der Waals surface area contributed by atoms with Gasteiger partial charge in [0.25, 0.3) is 0 Å². The molecule has 0 atom stereocenters. The van der Waals surface area contributed by atoms with Crippen LogP contribution >= 0.6 is 11.3 Å². The van der Waals surface area contributed by atoms with E-state index < -0.39 is 10.0 Å². The minimum absolute atomic E-state index is 0.0317. The van der Waals surface area contributed by atoms with Gasteiger partial charge in [-0.2, -0.15) is 0 Å². The van der Waals surface area contributed by atoms with Crippen LogP contribution in [0.25, 0.3) is 10.2 Å². The van der Waals surface area contributed by atoms with Crippen LogP contribution in [0, 0.1) is 6.92 Å². The summed E-state index contributed by atoms with van der Waals surface area (Å²) in [4.78, 5) is 4.61. The number of sulfonamides is 1. The summed E-state index contributed by atoms with van der Waals surface area (Å²) in [6, 6.07) is 11.1. The minimum atomic E-state index is -3.38. The number of rotatable bonds is 8. The Morgan fingerprint density at radius 2 is 1.62 bits per heavy atom. The first-order valence-corrected chi connectivity index (χ1v) is 14.3. The van der Waals surface area contributed by atoms with Crippen LogP contribution < -0.4 is 4.72 Å². The quantitative estimate of drug-likeness (QED) is 0.344. The predicted octanol–water partition coefficient (Wildman–Crippen LogP) is 7.06. The fourth-order valence-corrected chi connectivity index (χ4v) is 5.50. The topological polar surface area (TPSA) is 79.3 Å². The van der Waals surface area contributed by atoms with Gasteiger partial charge in [0, 0.05) is 6.54 Å². The Hall–Kier alpha value is -1.96. The molecule has 0 aliphatic carbocycles. The molecule has 0 aliphatic rings. The van der Waals surface area contributed by atoms with Crippen molar-refractivity contribution in [3.05, 3.63) is 52.5 Å². The Bertz CT molecular complexity index is 1210. The summed E-state index contributed by atoms with van der Waals surface area (Å²) in [5, 5.41) is 11.0. The predicted molar refractivity (Wildman–Crippen MR) is 145 cm³/mol. The zero-order valence-corrected chi connectivity index (χ0v) is 23.5. The van der Waals surface area contributed by atoms with Gasteiger partial charge in [-0.3, -0.25) is 0 Å². The number of hydrogen-bond donors (Lipinski definition) is 2. The first kappa shape index (κ1) is 28.3. The zero-order valence-electron chi connectivity index (χ0n) is 21.8. The minimum Gasteiger partial charge on any atom is -0.508 e. The van der Waals surface area contributed by atoms with Crippen molar-refractivity contribution in [2.45, 2.75) is 90.4 Å². The molecule has 188 valence electrons. The number of thiazole rings is 1. The second-order valence-corrected chi connectivity index (χ2v) is 13.0. The summed E-state index contributed by atoms with van der Waals surface area (Å²) in [7, 11) is -3.38. The largest absolute Gasteiger partial charge is 0.508 e. The van der Waals surface area contributed by atoms with Gasteiger partial charge in [-0.05, 0) is 72.4 Å². The second kappa shape index (κ2) is 11.2. The van der Waals surface area contributed by atoms with Gasteiger partial charge >= 0.3 is 0 Å². The van der Waals surface area contributed by atoms with E-state index in [0.717, 1.165) is 40.1 Å². The van der Waals surface area contributed by atoms with Crippen LogP contribution in [0.15, 0.2) is 41.3 Å². The Labute approximate surface area is 209 Å². The van der Waals surface area contributed by atoms with Crippen molar-refractivity contribution in [3.8, 4) is 5.75 Å². The van der Waals surface area contributed by atoms with Crippen LogP contribution in [-0.4, -0.2) is 25.1 Å². The SMILES string of the molecule is CCC(C)(C)c1ccc(O)c(C(C)(C)CC)c1.CCCNS(=O)(=O)c1ccc2nc(C)sc2c1. The van der Waals surface area contributed by atoms with E-state index in [2.05, 4.69) is 57.3 Å². The van der Waals surface area contributed by atoms with Crippen molar-refractivity contribution in [3.63, 3.8) is 0 Å². The van der Waals surface area contributed by atoms with Crippen LogP contribution in [0.4, 0.5) is 0 Å². The highest BCUT2D eigenvalue weighted by Crippen LogP contribution is 2.37. The van der Waals surface area contributed by atoms with Crippen molar-refractivity contribution in [1.82, 2.24) is 9.71 Å². The van der Waals surface area contributed by atoms with E-state index in [1.54, 1.807) is 18.2 Å². The average molecular weight is 505 g/mol. The molecule has 0 saturated heterocycles. The van der Waals surface area contributed by atoms with E-state index in [-0.39, 0.29) is 10.8 Å². The van der Waals surface area contributed by atoms with Crippen LogP contribution in [0.2, 0.25) is 0 Å². The third-order valence-corrected chi connectivity index (χ3v) is 8.99. The van der Waals surface area contributed by atoms with E-state index in [0.29, 0.717) is 17.2 Å². The maximum absolute atomic E-state index is 11.9. The van der Waals surface area contributed by atoms with Gasteiger partial charge in [0.05, 0.1) is 20.1 Å². The molecule has 2 N–H and O–H groups in total. The highest BCUT2D eigenvalue weighted by molar-refractivity contribution is 7.89. The van der Waals surface area contributed by atoms with E-state index in [4.69, 9.17) is 0 Å². The molecule has 3 rings (SSSR count). The van der Waals surface area contributed by atoms with Crippen molar-refractivity contribution in [1.29, 1.82) is 0 Å². The molecule has 0 unspecified atom stereocenters. The summed E-state index contributed by atoms with van der Waals surface area (Å²) < 4.78 is 27.3. The maximum Gasteiger partial charge on any atom is 0.240 e. The lowest BCUT2D eigenvalue weighted by Crippen LogP contribution is -2.24. The molecule has 5 nitrogen and oxygen atoms in total. The number of phenols is 1. The Kier molecular flexibility index (Phi) is 9.30. The maximum atomic E-state index is 11.9. The molecule has 1 heterocycles. The number of nitrogens with zero attached hydrogens (tertiary/aromatic N) is 1. The second-order valence-electron chi connectivity index (χ2n) is 9.97. The van der Waals surface area contributed by atoms with Crippen molar-refractivity contribution in [2.24, 2.45) is 0 Å². The van der Waals surface area contributed by atoms with Gasteiger partial charge in [0.15, 0.2) is 0 Å². The molecule has 3 aromatic rings. The summed E-state index contributed by atoms with van der Waals surface area (Å²) in [5.74, 6) is 0.424. The molecule has 0 fully saturated rings. The van der Waals surface area contributed by atoms with Crippen molar-refractivity contribution >= 4 is 31.6 Å². The monoisotopic (exact) mass is 504 g/mol. The Morgan fingerprint density at radius 1 is 0.971 bits per heavy atom. The van der Waals surface area contributed by atoms with E-state index in [1.807, 2.05) is 26.0 Å². The standard InChI is InChI=1S/C16H26O.C11H14N2O2S2/c1-7-15(3,4)12-9-10-14(17)13(11-12)16(5,6)8-2;1-3-6-12-17(14,15)9-4-5-10-11(7-9)16-8(2)13-10/h9-11,17H,7-8H2,1-6H3;4-5,7,12H,3,6H2,1-2H3. The fourth-order valence-electron chi connectivity index (χ4n) is 3.40. The number of aryl methyl sites for hydroxylation is 1. The van der Waals surface area contributed by atoms with Gasteiger partial charge in [-0.1, -0.05) is 60.6 Å².